The predicted octanol–water partition coefficient (Wildman–Crippen LogP) is 2.37. The molecule has 0 fully saturated rings. The van der Waals surface area contributed by atoms with Crippen molar-refractivity contribution in [2.45, 2.75) is 20.0 Å². The molecule has 1 unspecified atom stereocenters. The van der Waals surface area contributed by atoms with Crippen molar-refractivity contribution in [3.63, 3.8) is 0 Å². The number of nitrogens with two attached hydrogens (primary N) is 1. The summed E-state index contributed by atoms with van der Waals surface area (Å²) < 4.78 is 38.4. The summed E-state index contributed by atoms with van der Waals surface area (Å²) in [6.07, 6.45) is -4.48. The van der Waals surface area contributed by atoms with Crippen molar-refractivity contribution in [1.29, 1.82) is 5.26 Å². The number of alkyl halides is 3. The zero-order chi connectivity index (χ0) is 15.3. The highest BCUT2D eigenvalue weighted by atomic mass is 19.4. The molecule has 0 amide bonds. The van der Waals surface area contributed by atoms with E-state index in [4.69, 9.17) is 11.1 Å². The largest absolute Gasteiger partial charge is 0.416 e. The Bertz CT molecular complexity index is 495. The summed E-state index contributed by atoms with van der Waals surface area (Å²) in [4.78, 5) is 5.61. The summed E-state index contributed by atoms with van der Waals surface area (Å²) >= 11 is 0. The Morgan fingerprint density at radius 1 is 1.50 bits per heavy atom. The number of nitrogens with zero attached hydrogens (tertiary/aromatic N) is 3. The van der Waals surface area contributed by atoms with E-state index in [-0.39, 0.29) is 17.6 Å². The average Bonchev–Trinajstić information content (AvgIpc) is 2.42. The van der Waals surface area contributed by atoms with Gasteiger partial charge in [0.25, 0.3) is 0 Å². The Hall–Kier alpha value is -2.01. The second kappa shape index (κ2) is 6.43. The highest BCUT2D eigenvalue weighted by Gasteiger charge is 2.32. The predicted molar refractivity (Wildman–Crippen MR) is 69.7 cm³/mol. The molecule has 8 heteroatoms. The highest BCUT2D eigenvalue weighted by molar-refractivity contribution is 5.51. The highest BCUT2D eigenvalue weighted by Crippen LogP contribution is 2.32. The molecule has 1 aromatic heterocycles. The number of hydrogen-bond acceptors (Lipinski definition) is 5. The lowest BCUT2D eigenvalue weighted by atomic mass is 10.2. The first-order chi connectivity index (χ1) is 9.31. The molecule has 0 bridgehead atoms. The molecule has 1 heterocycles. The number of pyridine rings is 1. The number of aromatic nitrogens is 1. The van der Waals surface area contributed by atoms with Gasteiger partial charge in [0.1, 0.15) is 11.6 Å². The van der Waals surface area contributed by atoms with Crippen molar-refractivity contribution < 1.29 is 13.2 Å². The van der Waals surface area contributed by atoms with Crippen molar-refractivity contribution in [2.24, 2.45) is 11.8 Å². The van der Waals surface area contributed by atoms with Crippen LogP contribution >= 0.6 is 0 Å². The molecule has 20 heavy (non-hydrogen) atoms. The molecule has 5 nitrogen and oxygen atoms in total. The van der Waals surface area contributed by atoms with Crippen LogP contribution in [0, 0.1) is 17.2 Å². The Morgan fingerprint density at radius 3 is 2.60 bits per heavy atom. The lowest BCUT2D eigenvalue weighted by molar-refractivity contribution is -0.137. The van der Waals surface area contributed by atoms with Crippen molar-refractivity contribution in [2.75, 3.05) is 23.4 Å². The zero-order valence-electron chi connectivity index (χ0n) is 11.2. The lowest BCUT2D eigenvalue weighted by Gasteiger charge is -2.24. The lowest BCUT2D eigenvalue weighted by Crippen LogP contribution is -2.29. The maximum Gasteiger partial charge on any atom is 0.416 e. The zero-order valence-corrected chi connectivity index (χ0v) is 11.2. The molecule has 0 spiro atoms. The van der Waals surface area contributed by atoms with Gasteiger partial charge in [-0.3, -0.25) is 0 Å². The number of nitrogens with one attached hydrogen (secondary N) is 1. The average molecular weight is 287 g/mol. The van der Waals surface area contributed by atoms with Crippen LogP contribution in [0.1, 0.15) is 19.4 Å². The molecule has 0 aliphatic carbocycles. The van der Waals surface area contributed by atoms with Gasteiger partial charge in [-0.2, -0.15) is 18.4 Å². The van der Waals surface area contributed by atoms with Gasteiger partial charge in [-0.25, -0.2) is 10.8 Å². The monoisotopic (exact) mass is 287 g/mol. The maximum absolute atomic E-state index is 12.8. The molecule has 0 aliphatic rings. The second-order valence-corrected chi connectivity index (χ2v) is 4.31. The van der Waals surface area contributed by atoms with Gasteiger partial charge in [-0.05, 0) is 26.0 Å². The normalized spacial score (nSPS) is 12.7. The van der Waals surface area contributed by atoms with Crippen LogP contribution in [-0.4, -0.2) is 18.1 Å². The third-order valence-corrected chi connectivity index (χ3v) is 2.71. The van der Waals surface area contributed by atoms with Crippen LogP contribution in [0.3, 0.4) is 0 Å². The number of hydrazine groups is 1. The van der Waals surface area contributed by atoms with Gasteiger partial charge < -0.3 is 10.3 Å². The van der Waals surface area contributed by atoms with E-state index in [1.54, 1.807) is 18.7 Å². The number of halogens is 3. The fourth-order valence-electron chi connectivity index (χ4n) is 1.67. The van der Waals surface area contributed by atoms with Gasteiger partial charge in [0.15, 0.2) is 0 Å². The maximum atomic E-state index is 12.8. The first-order valence-corrected chi connectivity index (χ1v) is 6.02. The minimum Gasteiger partial charge on any atom is -0.356 e. The van der Waals surface area contributed by atoms with Crippen LogP contribution in [0.2, 0.25) is 0 Å². The Morgan fingerprint density at radius 2 is 2.15 bits per heavy atom. The van der Waals surface area contributed by atoms with Gasteiger partial charge in [0.05, 0.1) is 17.6 Å². The van der Waals surface area contributed by atoms with Gasteiger partial charge in [-0.1, -0.05) is 0 Å². The second-order valence-electron chi connectivity index (χ2n) is 4.31. The quantitative estimate of drug-likeness (QED) is 0.642. The standard InChI is InChI=1S/C12H16F3N5/c1-3-20(7-8(2)6-16)11-5-9(12(13,14)15)4-10(18-11)19-17/h4-5,8H,3,7,17H2,1-2H3,(H,18,19). The van der Waals surface area contributed by atoms with Gasteiger partial charge in [0, 0.05) is 13.1 Å². The van der Waals surface area contributed by atoms with Gasteiger partial charge in [-0.15, -0.1) is 0 Å². The number of anilines is 2. The summed E-state index contributed by atoms with van der Waals surface area (Å²) in [5.74, 6) is 4.90. The minimum absolute atomic E-state index is 0.0714. The molecule has 1 aromatic rings. The third-order valence-electron chi connectivity index (χ3n) is 2.71. The number of hydrogen-bond donors (Lipinski definition) is 2. The van der Waals surface area contributed by atoms with Crippen molar-refractivity contribution in [3.05, 3.63) is 17.7 Å². The van der Waals surface area contributed by atoms with E-state index in [1.165, 1.54) is 0 Å². The molecule has 1 rings (SSSR count). The van der Waals surface area contributed by atoms with E-state index in [9.17, 15) is 13.2 Å². The fraction of sp³-hybridized carbons (Fsp3) is 0.500. The summed E-state index contributed by atoms with van der Waals surface area (Å²) in [7, 11) is 0. The molecule has 0 saturated heterocycles. The number of nitriles is 1. The molecular formula is C12H16F3N5. The van der Waals surface area contributed by atoms with E-state index in [0.717, 1.165) is 12.1 Å². The van der Waals surface area contributed by atoms with Crippen LogP contribution < -0.4 is 16.2 Å². The van der Waals surface area contributed by atoms with Crippen LogP contribution in [0.5, 0.6) is 0 Å². The summed E-state index contributed by atoms with van der Waals surface area (Å²) in [5.41, 5.74) is 1.29. The molecule has 0 aliphatic heterocycles. The van der Waals surface area contributed by atoms with Crippen LogP contribution in [0.25, 0.3) is 0 Å². The van der Waals surface area contributed by atoms with E-state index in [2.05, 4.69) is 10.4 Å². The molecule has 3 N–H and O–H groups in total. The van der Waals surface area contributed by atoms with E-state index in [0.29, 0.717) is 13.1 Å². The SMILES string of the molecule is CCN(CC(C)C#N)c1cc(C(F)(F)F)cc(NN)n1. The van der Waals surface area contributed by atoms with Crippen molar-refractivity contribution in [3.8, 4) is 6.07 Å². The van der Waals surface area contributed by atoms with Crippen LogP contribution in [0.15, 0.2) is 12.1 Å². The Kier molecular flexibility index (Phi) is 5.16. The number of nitrogen functional groups attached to an aromatic ring is 1. The topological polar surface area (TPSA) is 78.0 Å². The first-order valence-electron chi connectivity index (χ1n) is 6.02. The van der Waals surface area contributed by atoms with Crippen LogP contribution in [0.4, 0.5) is 24.8 Å². The minimum atomic E-state index is -4.48. The van der Waals surface area contributed by atoms with Gasteiger partial charge in [0.2, 0.25) is 0 Å². The molecule has 1 atom stereocenters. The Labute approximate surface area is 115 Å². The van der Waals surface area contributed by atoms with Gasteiger partial charge >= 0.3 is 6.18 Å². The van der Waals surface area contributed by atoms with E-state index in [1.807, 2.05) is 6.07 Å². The molecule has 0 saturated carbocycles. The number of rotatable bonds is 5. The molecular weight excluding hydrogens is 271 g/mol. The van der Waals surface area contributed by atoms with Crippen molar-refractivity contribution >= 4 is 11.6 Å². The molecule has 0 aromatic carbocycles. The fourth-order valence-corrected chi connectivity index (χ4v) is 1.67. The van der Waals surface area contributed by atoms with Crippen LogP contribution in [-0.2, 0) is 6.18 Å². The summed E-state index contributed by atoms with van der Waals surface area (Å²) in [6.45, 7) is 4.20. The summed E-state index contributed by atoms with van der Waals surface area (Å²) in [6, 6.07) is 3.83. The molecule has 110 valence electrons. The Balaban J connectivity index is 3.18. The first kappa shape index (κ1) is 16.0. The van der Waals surface area contributed by atoms with E-state index >= 15 is 0 Å². The smallest absolute Gasteiger partial charge is 0.356 e. The molecule has 0 radical (unpaired) electrons. The van der Waals surface area contributed by atoms with E-state index < -0.39 is 11.7 Å². The third kappa shape index (κ3) is 3.99. The van der Waals surface area contributed by atoms with Crippen molar-refractivity contribution in [1.82, 2.24) is 4.98 Å². The summed E-state index contributed by atoms with van der Waals surface area (Å²) in [5, 5.41) is 8.80.